The van der Waals surface area contributed by atoms with Gasteiger partial charge in [0.2, 0.25) is 5.43 Å². The zero-order valence-corrected chi connectivity index (χ0v) is 16.9. The van der Waals surface area contributed by atoms with Gasteiger partial charge in [0.25, 0.3) is 5.91 Å². The van der Waals surface area contributed by atoms with Crippen molar-refractivity contribution in [2.45, 2.75) is 13.5 Å². The second kappa shape index (κ2) is 8.06. The van der Waals surface area contributed by atoms with Gasteiger partial charge >= 0.3 is 0 Å². The molecule has 0 unspecified atom stereocenters. The fraction of sp³-hybridized carbons (Fsp3) is 0.0952. The summed E-state index contributed by atoms with van der Waals surface area (Å²) >= 11 is 7.32. The Bertz CT molecular complexity index is 1270. The smallest absolute Gasteiger partial charge is 0.273 e. The number of carbonyl (C=O) groups excluding carboxylic acids is 1. The first-order valence-electron chi connectivity index (χ1n) is 8.76. The molecule has 0 atom stereocenters. The maximum atomic E-state index is 12.5. The van der Waals surface area contributed by atoms with Gasteiger partial charge in [0.1, 0.15) is 12.3 Å². The van der Waals surface area contributed by atoms with E-state index >= 15 is 0 Å². The van der Waals surface area contributed by atoms with Crippen molar-refractivity contribution in [3.05, 3.63) is 86.8 Å². The van der Waals surface area contributed by atoms with Crippen LogP contribution in [0.4, 0.5) is 5.13 Å². The SMILES string of the molecule is Cc1ccc2nc(NC(=O)c3cc(=O)c(OCc4cccc(Cl)c4)c[nH]3)sc2c1. The molecular weight excluding hydrogens is 410 g/mol. The minimum Gasteiger partial charge on any atom is -0.483 e. The number of aromatic nitrogens is 2. The predicted octanol–water partition coefficient (Wildman–Crippen LogP) is 4.78. The Labute approximate surface area is 175 Å². The predicted molar refractivity (Wildman–Crippen MR) is 115 cm³/mol. The summed E-state index contributed by atoms with van der Waals surface area (Å²) < 4.78 is 6.52. The van der Waals surface area contributed by atoms with Crippen LogP contribution >= 0.6 is 22.9 Å². The standard InChI is InChI=1S/C21H16ClN3O3S/c1-12-5-6-15-19(7-12)29-21(24-15)25-20(27)16-9-17(26)18(10-23-16)28-11-13-3-2-4-14(22)8-13/h2-10H,11H2,1H3,(H,23,26)(H,24,25,27). The third-order valence-electron chi connectivity index (χ3n) is 4.17. The number of H-pyrrole nitrogens is 1. The highest BCUT2D eigenvalue weighted by Crippen LogP contribution is 2.26. The second-order valence-corrected chi connectivity index (χ2v) is 7.91. The number of benzene rings is 2. The van der Waals surface area contributed by atoms with Gasteiger partial charge in [-0.05, 0) is 42.3 Å². The van der Waals surface area contributed by atoms with E-state index < -0.39 is 11.3 Å². The molecule has 0 spiro atoms. The third-order valence-corrected chi connectivity index (χ3v) is 5.34. The number of nitrogens with one attached hydrogen (secondary N) is 2. The molecule has 2 N–H and O–H groups in total. The molecule has 2 aromatic heterocycles. The van der Waals surface area contributed by atoms with Crippen LogP contribution in [-0.2, 0) is 6.61 Å². The summed E-state index contributed by atoms with van der Waals surface area (Å²) in [6, 6.07) is 14.3. The number of fused-ring (bicyclic) bond motifs is 1. The van der Waals surface area contributed by atoms with E-state index in [1.807, 2.05) is 37.3 Å². The minimum atomic E-state index is -0.445. The van der Waals surface area contributed by atoms with E-state index in [1.54, 1.807) is 12.1 Å². The Balaban J connectivity index is 1.46. The highest BCUT2D eigenvalue weighted by Gasteiger charge is 2.13. The number of aromatic amines is 1. The molecule has 2 aromatic carbocycles. The van der Waals surface area contributed by atoms with Crippen LogP contribution in [0.15, 0.2) is 59.5 Å². The van der Waals surface area contributed by atoms with Crippen molar-refractivity contribution in [1.29, 1.82) is 0 Å². The van der Waals surface area contributed by atoms with Crippen LogP contribution in [0.1, 0.15) is 21.6 Å². The first kappa shape index (κ1) is 19.2. The number of pyridine rings is 1. The quantitative estimate of drug-likeness (QED) is 0.482. The molecule has 0 saturated carbocycles. The van der Waals surface area contributed by atoms with E-state index in [0.717, 1.165) is 21.3 Å². The van der Waals surface area contributed by atoms with E-state index in [0.29, 0.717) is 10.2 Å². The van der Waals surface area contributed by atoms with Crippen molar-refractivity contribution in [2.75, 3.05) is 5.32 Å². The van der Waals surface area contributed by atoms with Crippen LogP contribution in [-0.4, -0.2) is 15.9 Å². The van der Waals surface area contributed by atoms with E-state index in [4.69, 9.17) is 16.3 Å². The summed E-state index contributed by atoms with van der Waals surface area (Å²) in [5, 5.41) is 3.79. The largest absolute Gasteiger partial charge is 0.483 e. The Morgan fingerprint density at radius 3 is 2.90 bits per heavy atom. The highest BCUT2D eigenvalue weighted by atomic mass is 35.5. The summed E-state index contributed by atoms with van der Waals surface area (Å²) in [6.07, 6.45) is 1.38. The lowest BCUT2D eigenvalue weighted by molar-refractivity contribution is 0.102. The van der Waals surface area contributed by atoms with Crippen molar-refractivity contribution in [3.63, 3.8) is 0 Å². The second-order valence-electron chi connectivity index (χ2n) is 6.44. The fourth-order valence-electron chi connectivity index (χ4n) is 2.74. The lowest BCUT2D eigenvalue weighted by atomic mass is 10.2. The molecule has 1 amide bonds. The molecule has 146 valence electrons. The van der Waals surface area contributed by atoms with Gasteiger partial charge in [-0.15, -0.1) is 0 Å². The number of rotatable bonds is 5. The Kier molecular flexibility index (Phi) is 5.33. The zero-order valence-electron chi connectivity index (χ0n) is 15.4. The normalized spacial score (nSPS) is 10.8. The zero-order chi connectivity index (χ0) is 20.4. The Hall–Kier alpha value is -3.16. The Morgan fingerprint density at radius 1 is 1.24 bits per heavy atom. The number of anilines is 1. The van der Waals surface area contributed by atoms with Crippen LogP contribution in [0.25, 0.3) is 10.2 Å². The molecule has 0 aliphatic rings. The summed E-state index contributed by atoms with van der Waals surface area (Å²) in [7, 11) is 0. The molecule has 6 nitrogen and oxygen atoms in total. The van der Waals surface area contributed by atoms with E-state index in [9.17, 15) is 9.59 Å². The summed E-state index contributed by atoms with van der Waals surface area (Å²) in [5.74, 6) is -0.323. The lowest BCUT2D eigenvalue weighted by Gasteiger charge is -2.07. The molecular formula is C21H16ClN3O3S. The Morgan fingerprint density at radius 2 is 2.10 bits per heavy atom. The summed E-state index contributed by atoms with van der Waals surface area (Å²) in [6.45, 7) is 2.19. The van der Waals surface area contributed by atoms with Gasteiger partial charge in [-0.1, -0.05) is 41.1 Å². The molecule has 2 heterocycles. The van der Waals surface area contributed by atoms with Gasteiger partial charge < -0.3 is 9.72 Å². The summed E-state index contributed by atoms with van der Waals surface area (Å²) in [5.41, 5.74) is 2.51. The molecule has 8 heteroatoms. The minimum absolute atomic E-state index is 0.122. The van der Waals surface area contributed by atoms with Gasteiger partial charge in [-0.2, -0.15) is 0 Å². The molecule has 0 fully saturated rings. The molecule has 4 aromatic rings. The van der Waals surface area contributed by atoms with Crippen molar-refractivity contribution >= 4 is 44.2 Å². The molecule has 4 rings (SSSR count). The number of halogens is 1. The van der Waals surface area contributed by atoms with E-state index in [1.165, 1.54) is 23.6 Å². The van der Waals surface area contributed by atoms with Crippen molar-refractivity contribution in [2.24, 2.45) is 0 Å². The third kappa shape index (κ3) is 4.47. The van der Waals surface area contributed by atoms with Crippen LogP contribution in [0.2, 0.25) is 5.02 Å². The number of amides is 1. The number of aryl methyl sites for hydroxylation is 1. The average molecular weight is 426 g/mol. The van der Waals surface area contributed by atoms with Crippen molar-refractivity contribution < 1.29 is 9.53 Å². The molecule has 0 saturated heterocycles. The monoisotopic (exact) mass is 425 g/mol. The van der Waals surface area contributed by atoms with Crippen LogP contribution in [0.3, 0.4) is 0 Å². The van der Waals surface area contributed by atoms with Crippen molar-refractivity contribution in [1.82, 2.24) is 9.97 Å². The van der Waals surface area contributed by atoms with E-state index in [2.05, 4.69) is 15.3 Å². The molecule has 0 radical (unpaired) electrons. The van der Waals surface area contributed by atoms with Gasteiger partial charge in [0, 0.05) is 17.3 Å². The topological polar surface area (TPSA) is 84.1 Å². The highest BCUT2D eigenvalue weighted by molar-refractivity contribution is 7.22. The van der Waals surface area contributed by atoms with Gasteiger partial charge in [0.05, 0.1) is 10.2 Å². The maximum absolute atomic E-state index is 12.5. The van der Waals surface area contributed by atoms with Crippen LogP contribution < -0.4 is 15.5 Å². The van der Waals surface area contributed by atoms with Crippen LogP contribution in [0, 0.1) is 6.92 Å². The average Bonchev–Trinajstić information content (AvgIpc) is 3.08. The number of hydrogen-bond donors (Lipinski definition) is 2. The number of thiazole rings is 1. The molecule has 0 aliphatic carbocycles. The van der Waals surface area contributed by atoms with Crippen molar-refractivity contribution in [3.8, 4) is 5.75 Å². The number of hydrogen-bond acceptors (Lipinski definition) is 5. The number of nitrogens with zero attached hydrogens (tertiary/aromatic N) is 1. The summed E-state index contributed by atoms with van der Waals surface area (Å²) in [4.78, 5) is 32.0. The number of carbonyl (C=O) groups is 1. The molecule has 0 aliphatic heterocycles. The molecule has 0 bridgehead atoms. The number of ether oxygens (including phenoxy) is 1. The van der Waals surface area contributed by atoms with Gasteiger partial charge in [-0.25, -0.2) is 4.98 Å². The van der Waals surface area contributed by atoms with Crippen LogP contribution in [0.5, 0.6) is 5.75 Å². The van der Waals surface area contributed by atoms with Gasteiger partial charge in [-0.3, -0.25) is 14.9 Å². The fourth-order valence-corrected chi connectivity index (χ4v) is 3.91. The van der Waals surface area contributed by atoms with Gasteiger partial charge in [0.15, 0.2) is 10.9 Å². The first-order chi connectivity index (χ1) is 14.0. The van der Waals surface area contributed by atoms with E-state index in [-0.39, 0.29) is 18.1 Å². The first-order valence-corrected chi connectivity index (χ1v) is 9.96. The lowest BCUT2D eigenvalue weighted by Crippen LogP contribution is -2.17. The maximum Gasteiger partial charge on any atom is 0.273 e. The molecule has 29 heavy (non-hydrogen) atoms.